The summed E-state index contributed by atoms with van der Waals surface area (Å²) in [5.74, 6) is 0.832. The minimum absolute atomic E-state index is 0.368. The fraction of sp³-hybridized carbons (Fsp3) is 0.333. The average molecular weight is 362 g/mol. The van der Waals surface area contributed by atoms with Crippen LogP contribution in [0.2, 0.25) is 20.4 Å². The van der Waals surface area contributed by atoms with Crippen molar-refractivity contribution in [2.24, 2.45) is 0 Å². The van der Waals surface area contributed by atoms with Crippen LogP contribution < -0.4 is 0 Å². The van der Waals surface area contributed by atoms with Gasteiger partial charge < -0.3 is 0 Å². The number of aromatic nitrogens is 2. The second-order valence-electron chi connectivity index (χ2n) is 5.15. The molecule has 0 bridgehead atoms. The van der Waals surface area contributed by atoms with E-state index in [9.17, 15) is 0 Å². The van der Waals surface area contributed by atoms with Gasteiger partial charge in [0.15, 0.2) is 5.82 Å². The van der Waals surface area contributed by atoms with Crippen molar-refractivity contribution in [3.05, 3.63) is 44.1 Å². The van der Waals surface area contributed by atoms with Crippen LogP contribution in [0.5, 0.6) is 0 Å². The zero-order valence-electron chi connectivity index (χ0n) is 11.0. The first-order chi connectivity index (χ1) is 10.1. The second kappa shape index (κ2) is 6.29. The van der Waals surface area contributed by atoms with Crippen molar-refractivity contribution < 1.29 is 0 Å². The molecule has 6 heteroatoms. The lowest BCUT2D eigenvalue weighted by atomic mass is 10.0. The van der Waals surface area contributed by atoms with Crippen LogP contribution >= 0.6 is 46.4 Å². The van der Waals surface area contributed by atoms with Gasteiger partial charge in [0.1, 0.15) is 10.3 Å². The molecule has 2 aromatic rings. The summed E-state index contributed by atoms with van der Waals surface area (Å²) in [4.78, 5) is 8.78. The minimum atomic E-state index is 0.368. The Morgan fingerprint density at radius 1 is 0.857 bits per heavy atom. The highest BCUT2D eigenvalue weighted by molar-refractivity contribution is 6.42. The normalized spacial score (nSPS) is 15.6. The minimum Gasteiger partial charge on any atom is -0.216 e. The summed E-state index contributed by atoms with van der Waals surface area (Å²) in [5, 5.41) is 1.80. The number of benzene rings is 1. The number of nitrogens with zero attached hydrogens (tertiary/aromatic N) is 2. The van der Waals surface area contributed by atoms with Crippen LogP contribution in [-0.4, -0.2) is 9.97 Å². The molecule has 3 rings (SSSR count). The van der Waals surface area contributed by atoms with Crippen LogP contribution in [0.1, 0.15) is 37.2 Å². The van der Waals surface area contributed by atoms with E-state index in [0.717, 1.165) is 24.0 Å². The fourth-order valence-corrected chi connectivity index (χ4v) is 3.73. The Labute approximate surface area is 143 Å². The molecule has 110 valence electrons. The van der Waals surface area contributed by atoms with Gasteiger partial charge in [-0.2, -0.15) is 0 Å². The maximum Gasteiger partial charge on any atom is 0.162 e. The van der Waals surface area contributed by atoms with Crippen LogP contribution in [0.4, 0.5) is 0 Å². The molecule has 0 N–H and O–H groups in total. The summed E-state index contributed by atoms with van der Waals surface area (Å²) in [6, 6.07) is 5.21. The molecule has 1 heterocycles. The summed E-state index contributed by atoms with van der Waals surface area (Å²) >= 11 is 24.6. The van der Waals surface area contributed by atoms with Gasteiger partial charge in [0.2, 0.25) is 0 Å². The maximum atomic E-state index is 6.34. The van der Waals surface area contributed by atoms with Crippen molar-refractivity contribution in [2.45, 2.75) is 31.6 Å². The predicted octanol–water partition coefficient (Wildman–Crippen LogP) is 6.41. The number of hydrogen-bond acceptors (Lipinski definition) is 2. The number of hydrogen-bond donors (Lipinski definition) is 0. The standard InChI is InChI=1S/C15H12Cl4N2/c16-10-6-5-9(7-11(10)17)15-20-13(18)12(14(19)21-15)8-3-1-2-4-8/h5-8H,1-4H2. The molecule has 0 atom stereocenters. The van der Waals surface area contributed by atoms with Gasteiger partial charge in [-0.1, -0.05) is 59.2 Å². The van der Waals surface area contributed by atoms with Crippen molar-refractivity contribution in [3.63, 3.8) is 0 Å². The lowest BCUT2D eigenvalue weighted by molar-refractivity contribution is 0.715. The molecule has 0 radical (unpaired) electrons. The summed E-state index contributed by atoms with van der Waals surface area (Å²) in [7, 11) is 0. The van der Waals surface area contributed by atoms with Gasteiger partial charge in [0, 0.05) is 11.1 Å². The van der Waals surface area contributed by atoms with Crippen LogP contribution in [0.15, 0.2) is 18.2 Å². The van der Waals surface area contributed by atoms with E-state index in [-0.39, 0.29) is 0 Å². The van der Waals surface area contributed by atoms with Gasteiger partial charge in [0.05, 0.1) is 10.0 Å². The summed E-state index contributed by atoms with van der Waals surface area (Å²) < 4.78 is 0. The van der Waals surface area contributed by atoms with Gasteiger partial charge in [0.25, 0.3) is 0 Å². The van der Waals surface area contributed by atoms with Gasteiger partial charge in [-0.25, -0.2) is 9.97 Å². The fourth-order valence-electron chi connectivity index (χ4n) is 2.73. The molecule has 0 amide bonds. The third kappa shape index (κ3) is 3.14. The van der Waals surface area contributed by atoms with Crippen molar-refractivity contribution in [1.82, 2.24) is 9.97 Å². The van der Waals surface area contributed by atoms with Crippen LogP contribution in [-0.2, 0) is 0 Å². The Kier molecular flexibility index (Phi) is 4.60. The smallest absolute Gasteiger partial charge is 0.162 e. The van der Waals surface area contributed by atoms with E-state index in [2.05, 4.69) is 9.97 Å². The van der Waals surface area contributed by atoms with E-state index in [4.69, 9.17) is 46.4 Å². The van der Waals surface area contributed by atoms with Crippen molar-refractivity contribution >= 4 is 46.4 Å². The Bertz CT molecular complexity index is 658. The third-order valence-corrected chi connectivity index (χ3v) is 5.11. The first kappa shape index (κ1) is 15.4. The molecule has 1 saturated carbocycles. The van der Waals surface area contributed by atoms with Gasteiger partial charge >= 0.3 is 0 Å². The number of rotatable bonds is 2. The van der Waals surface area contributed by atoms with E-state index >= 15 is 0 Å². The average Bonchev–Trinajstić information content (AvgIpc) is 2.95. The molecule has 2 nitrogen and oxygen atoms in total. The van der Waals surface area contributed by atoms with E-state index in [1.54, 1.807) is 18.2 Å². The Balaban J connectivity index is 2.03. The highest BCUT2D eigenvalue weighted by atomic mass is 35.5. The van der Waals surface area contributed by atoms with Gasteiger partial charge in [-0.05, 0) is 37.0 Å². The van der Waals surface area contributed by atoms with Gasteiger partial charge in [-0.15, -0.1) is 0 Å². The maximum absolute atomic E-state index is 6.34. The Hall–Kier alpha value is -0.540. The quantitative estimate of drug-likeness (QED) is 0.577. The number of halogens is 4. The van der Waals surface area contributed by atoms with Crippen LogP contribution in [0, 0.1) is 0 Å². The highest BCUT2D eigenvalue weighted by Gasteiger charge is 2.24. The SMILES string of the molecule is Clc1ccc(-c2nc(Cl)c(C3CCCC3)c(Cl)n2)cc1Cl. The Morgan fingerprint density at radius 2 is 1.48 bits per heavy atom. The topological polar surface area (TPSA) is 25.8 Å². The Morgan fingerprint density at radius 3 is 2.05 bits per heavy atom. The molecule has 1 fully saturated rings. The van der Waals surface area contributed by atoms with E-state index in [1.165, 1.54) is 12.8 Å². The van der Waals surface area contributed by atoms with Crippen molar-refractivity contribution in [1.29, 1.82) is 0 Å². The third-order valence-electron chi connectivity index (χ3n) is 3.79. The summed E-state index contributed by atoms with van der Waals surface area (Å²) in [6.07, 6.45) is 4.58. The summed E-state index contributed by atoms with van der Waals surface area (Å²) in [6.45, 7) is 0. The first-order valence-corrected chi connectivity index (χ1v) is 8.26. The molecular weight excluding hydrogens is 350 g/mol. The molecule has 0 spiro atoms. The van der Waals surface area contributed by atoms with Crippen molar-refractivity contribution in [2.75, 3.05) is 0 Å². The largest absolute Gasteiger partial charge is 0.216 e. The predicted molar refractivity (Wildman–Crippen MR) is 88.7 cm³/mol. The van der Waals surface area contributed by atoms with Crippen LogP contribution in [0.3, 0.4) is 0 Å². The molecule has 1 aliphatic carbocycles. The second-order valence-corrected chi connectivity index (χ2v) is 6.68. The molecule has 1 aliphatic rings. The lowest BCUT2D eigenvalue weighted by Crippen LogP contribution is -2.01. The molecular formula is C15H12Cl4N2. The molecule has 0 aliphatic heterocycles. The molecule has 21 heavy (non-hydrogen) atoms. The molecule has 1 aromatic carbocycles. The zero-order valence-corrected chi connectivity index (χ0v) is 14.1. The lowest BCUT2D eigenvalue weighted by Gasteiger charge is -2.14. The zero-order chi connectivity index (χ0) is 15.0. The molecule has 0 saturated heterocycles. The van der Waals surface area contributed by atoms with E-state index in [1.807, 2.05) is 0 Å². The highest BCUT2D eigenvalue weighted by Crippen LogP contribution is 2.40. The molecule has 1 aromatic heterocycles. The van der Waals surface area contributed by atoms with E-state index < -0.39 is 0 Å². The van der Waals surface area contributed by atoms with E-state index in [0.29, 0.717) is 32.1 Å². The molecule has 0 unspecified atom stereocenters. The monoisotopic (exact) mass is 360 g/mol. The first-order valence-electron chi connectivity index (χ1n) is 6.74. The van der Waals surface area contributed by atoms with Gasteiger partial charge in [-0.3, -0.25) is 0 Å². The summed E-state index contributed by atoms with van der Waals surface area (Å²) in [5.41, 5.74) is 1.62. The van der Waals surface area contributed by atoms with Crippen molar-refractivity contribution in [3.8, 4) is 11.4 Å². The van der Waals surface area contributed by atoms with Crippen LogP contribution in [0.25, 0.3) is 11.4 Å².